The number of likely N-dealkylation sites (N-methyl/N-ethyl adjacent to an activating group) is 1. The van der Waals surface area contributed by atoms with Gasteiger partial charge in [0.05, 0.1) is 5.56 Å². The Kier molecular flexibility index (Phi) is 7.16. The van der Waals surface area contributed by atoms with E-state index in [1.54, 1.807) is 18.9 Å². The van der Waals surface area contributed by atoms with Crippen LogP contribution in [0.4, 0.5) is 24.7 Å². The van der Waals surface area contributed by atoms with E-state index < -0.39 is 17.8 Å². The van der Waals surface area contributed by atoms with Crippen molar-refractivity contribution < 1.29 is 18.0 Å². The molecule has 0 bridgehead atoms. The molecule has 1 amide bonds. The van der Waals surface area contributed by atoms with Crippen molar-refractivity contribution in [2.75, 3.05) is 16.8 Å². The number of alkyl halides is 3. The van der Waals surface area contributed by atoms with Gasteiger partial charge in [-0.05, 0) is 62.4 Å². The highest BCUT2D eigenvalue weighted by molar-refractivity contribution is 5.99. The third-order valence-corrected chi connectivity index (χ3v) is 6.33. The molecule has 1 aliphatic rings. The van der Waals surface area contributed by atoms with Crippen molar-refractivity contribution in [2.45, 2.75) is 71.6 Å². The molecule has 1 aromatic heterocycles. The van der Waals surface area contributed by atoms with Gasteiger partial charge in [0.1, 0.15) is 11.9 Å². The molecular formula is C25H32F3N3O. The van der Waals surface area contributed by atoms with Crippen molar-refractivity contribution in [3.05, 3.63) is 53.2 Å². The Morgan fingerprint density at radius 1 is 1.22 bits per heavy atom. The maximum Gasteiger partial charge on any atom is 0.416 e. The van der Waals surface area contributed by atoms with Crippen molar-refractivity contribution >= 4 is 17.4 Å². The Morgan fingerprint density at radius 3 is 2.56 bits per heavy atom. The smallest absolute Gasteiger partial charge is 0.341 e. The number of aromatic nitrogens is 1. The van der Waals surface area contributed by atoms with Gasteiger partial charge in [0.15, 0.2) is 0 Å². The topological polar surface area (TPSA) is 36.4 Å². The summed E-state index contributed by atoms with van der Waals surface area (Å²) in [6.45, 7) is 7.69. The minimum absolute atomic E-state index is 0.0369. The summed E-state index contributed by atoms with van der Waals surface area (Å²) in [5.74, 6) is 0.273. The van der Waals surface area contributed by atoms with Gasteiger partial charge >= 0.3 is 6.18 Å². The minimum atomic E-state index is -4.47. The number of rotatable bonds is 6. The van der Waals surface area contributed by atoms with E-state index in [1.165, 1.54) is 0 Å². The van der Waals surface area contributed by atoms with Crippen LogP contribution in [0.15, 0.2) is 36.4 Å². The molecule has 0 saturated carbocycles. The molecular weight excluding hydrogens is 415 g/mol. The number of pyridine rings is 1. The van der Waals surface area contributed by atoms with Crippen molar-refractivity contribution in [3.63, 3.8) is 0 Å². The number of unbranched alkanes of at least 4 members (excludes halogenated alkanes) is 1. The number of benzene rings is 1. The molecule has 174 valence electrons. The normalized spacial score (nSPS) is 21.1. The minimum Gasteiger partial charge on any atom is -0.341 e. The van der Waals surface area contributed by atoms with Crippen LogP contribution in [0.2, 0.25) is 0 Å². The van der Waals surface area contributed by atoms with Crippen LogP contribution in [-0.2, 0) is 11.0 Å². The number of hydrogen-bond acceptors (Lipinski definition) is 3. The van der Waals surface area contributed by atoms with E-state index in [2.05, 4.69) is 18.8 Å². The van der Waals surface area contributed by atoms with E-state index in [0.717, 1.165) is 42.6 Å². The molecule has 1 fully saturated rings. The average Bonchev–Trinajstić information content (AvgIpc) is 3.06. The number of halogens is 3. The van der Waals surface area contributed by atoms with E-state index in [0.29, 0.717) is 12.1 Å². The molecule has 2 aromatic rings. The average molecular weight is 448 g/mol. The summed E-state index contributed by atoms with van der Waals surface area (Å²) in [4.78, 5) is 21.5. The van der Waals surface area contributed by atoms with Gasteiger partial charge < -0.3 is 9.80 Å². The summed E-state index contributed by atoms with van der Waals surface area (Å²) in [5, 5.41) is 0. The Labute approximate surface area is 188 Å². The lowest BCUT2D eigenvalue weighted by molar-refractivity contribution is -0.137. The number of hydrogen-bond donors (Lipinski definition) is 0. The van der Waals surface area contributed by atoms with Crippen LogP contribution < -0.4 is 9.80 Å². The highest BCUT2D eigenvalue weighted by atomic mass is 19.4. The lowest BCUT2D eigenvalue weighted by atomic mass is 9.97. The molecule has 0 N–H and O–H groups in total. The molecule has 7 heteroatoms. The molecule has 1 saturated heterocycles. The first-order valence-corrected chi connectivity index (χ1v) is 11.2. The van der Waals surface area contributed by atoms with Gasteiger partial charge in [-0.3, -0.25) is 4.79 Å². The second kappa shape index (κ2) is 9.51. The lowest BCUT2D eigenvalue weighted by Gasteiger charge is -2.34. The van der Waals surface area contributed by atoms with Crippen molar-refractivity contribution in [1.82, 2.24) is 4.98 Å². The highest BCUT2D eigenvalue weighted by Crippen LogP contribution is 2.39. The molecule has 0 radical (unpaired) electrons. The van der Waals surface area contributed by atoms with Crippen molar-refractivity contribution in [2.24, 2.45) is 5.92 Å². The van der Waals surface area contributed by atoms with Gasteiger partial charge in [-0.25, -0.2) is 4.98 Å². The van der Waals surface area contributed by atoms with E-state index in [1.807, 2.05) is 36.1 Å². The Morgan fingerprint density at radius 2 is 1.94 bits per heavy atom. The number of aryl methyl sites for hydroxylation is 2. The third kappa shape index (κ3) is 5.08. The fourth-order valence-electron chi connectivity index (χ4n) is 4.65. The fourth-order valence-corrected chi connectivity index (χ4v) is 4.65. The maximum atomic E-state index is 13.6. The zero-order valence-corrected chi connectivity index (χ0v) is 19.4. The first kappa shape index (κ1) is 24.1. The van der Waals surface area contributed by atoms with E-state index in [4.69, 9.17) is 0 Å². The Hall–Kier alpha value is -2.57. The fraction of sp³-hybridized carbons (Fsp3) is 0.520. The summed E-state index contributed by atoms with van der Waals surface area (Å²) >= 11 is 0. The molecule has 1 aliphatic heterocycles. The second-order valence-corrected chi connectivity index (χ2v) is 8.94. The van der Waals surface area contributed by atoms with Crippen LogP contribution in [0.3, 0.4) is 0 Å². The number of carbonyl (C=O) groups excluding carboxylic acids is 1. The van der Waals surface area contributed by atoms with Crippen LogP contribution in [-0.4, -0.2) is 30.0 Å². The van der Waals surface area contributed by atoms with Crippen LogP contribution in [0.5, 0.6) is 0 Å². The molecule has 1 unspecified atom stereocenters. The summed E-state index contributed by atoms with van der Waals surface area (Å²) in [5.41, 5.74) is 1.37. The molecule has 32 heavy (non-hydrogen) atoms. The van der Waals surface area contributed by atoms with E-state index in [9.17, 15) is 18.0 Å². The molecule has 4 nitrogen and oxygen atoms in total. The molecule has 3 rings (SSSR count). The number of amides is 1. The molecule has 0 spiro atoms. The van der Waals surface area contributed by atoms with E-state index >= 15 is 0 Å². The standard InChI is InChI=1S/C25H32F3N3O/c1-6-7-11-21-17(3)13-22(24(32)30(5)20-10-8-9-16(2)12-20)31(21)23-15-19(25(26,27)28)14-18(4)29-23/h8-10,12,14-15,17,21-22H,6-7,11,13H2,1-5H3/t17?,21-,22-/m0/s1. The van der Waals surface area contributed by atoms with Gasteiger partial charge in [-0.1, -0.05) is 38.8 Å². The molecule has 0 aliphatic carbocycles. The summed E-state index contributed by atoms with van der Waals surface area (Å²) < 4.78 is 40.6. The molecule has 1 aromatic carbocycles. The second-order valence-electron chi connectivity index (χ2n) is 8.94. The summed E-state index contributed by atoms with van der Waals surface area (Å²) in [7, 11) is 1.73. The number of carbonyl (C=O) groups is 1. The predicted octanol–water partition coefficient (Wildman–Crippen LogP) is 6.15. The van der Waals surface area contributed by atoms with Crippen LogP contribution in [0.25, 0.3) is 0 Å². The van der Waals surface area contributed by atoms with Crippen LogP contribution >= 0.6 is 0 Å². The zero-order valence-electron chi connectivity index (χ0n) is 19.4. The van der Waals surface area contributed by atoms with Crippen molar-refractivity contribution in [3.8, 4) is 0 Å². The van der Waals surface area contributed by atoms with Gasteiger partial charge in [0.25, 0.3) is 0 Å². The molecule has 2 heterocycles. The van der Waals surface area contributed by atoms with E-state index in [-0.39, 0.29) is 23.7 Å². The van der Waals surface area contributed by atoms with Crippen molar-refractivity contribution in [1.29, 1.82) is 0 Å². The molecule has 3 atom stereocenters. The van der Waals surface area contributed by atoms with Crippen LogP contribution in [0, 0.1) is 19.8 Å². The first-order valence-electron chi connectivity index (χ1n) is 11.2. The van der Waals surface area contributed by atoms with Gasteiger partial charge in [-0.2, -0.15) is 13.2 Å². The van der Waals surface area contributed by atoms with Gasteiger partial charge in [0, 0.05) is 24.5 Å². The SMILES string of the molecule is CCCC[C@H]1C(C)C[C@@H](C(=O)N(C)c2cccc(C)c2)N1c1cc(C(F)(F)F)cc(C)n1. The largest absolute Gasteiger partial charge is 0.416 e. The number of anilines is 2. The first-order chi connectivity index (χ1) is 15.0. The summed E-state index contributed by atoms with van der Waals surface area (Å²) in [6.07, 6.45) is -1.15. The third-order valence-electron chi connectivity index (χ3n) is 6.33. The predicted molar refractivity (Wildman–Crippen MR) is 122 cm³/mol. The Balaban J connectivity index is 2.03. The van der Waals surface area contributed by atoms with Crippen LogP contribution in [0.1, 0.15) is 56.4 Å². The monoisotopic (exact) mass is 447 g/mol. The number of nitrogens with zero attached hydrogens (tertiary/aromatic N) is 3. The van der Waals surface area contributed by atoms with Gasteiger partial charge in [-0.15, -0.1) is 0 Å². The Bertz CT molecular complexity index is 960. The lowest BCUT2D eigenvalue weighted by Crippen LogP contribution is -2.47. The maximum absolute atomic E-state index is 13.6. The van der Waals surface area contributed by atoms with Gasteiger partial charge in [0.2, 0.25) is 5.91 Å². The summed E-state index contributed by atoms with van der Waals surface area (Å²) in [6, 6.07) is 9.21. The highest BCUT2D eigenvalue weighted by Gasteiger charge is 2.44. The quantitative estimate of drug-likeness (QED) is 0.533. The zero-order chi connectivity index (χ0) is 23.6.